The summed E-state index contributed by atoms with van der Waals surface area (Å²) in [4.78, 5) is 41.3. The van der Waals surface area contributed by atoms with Crippen LogP contribution in [0.25, 0.3) is 17.2 Å². The van der Waals surface area contributed by atoms with Crippen molar-refractivity contribution in [1.29, 1.82) is 0 Å². The first-order valence-electron chi connectivity index (χ1n) is 10.0. The van der Waals surface area contributed by atoms with Crippen molar-refractivity contribution in [2.75, 3.05) is 26.9 Å². The van der Waals surface area contributed by atoms with Crippen molar-refractivity contribution in [2.45, 2.75) is 12.8 Å². The minimum atomic E-state index is -1.23. The molecule has 1 aliphatic rings. The Hall–Kier alpha value is -3.72. The number of carbonyl (C=O) groups is 3. The Morgan fingerprint density at radius 1 is 1.25 bits per heavy atom. The van der Waals surface area contributed by atoms with Gasteiger partial charge in [-0.05, 0) is 43.0 Å². The summed E-state index contributed by atoms with van der Waals surface area (Å²) >= 11 is 0. The highest BCUT2D eigenvalue weighted by atomic mass is 16.5. The highest BCUT2D eigenvalue weighted by Crippen LogP contribution is 2.34. The Morgan fingerprint density at radius 3 is 2.59 bits per heavy atom. The van der Waals surface area contributed by atoms with Crippen LogP contribution in [0, 0.1) is 5.92 Å². The molecule has 2 aromatic rings. The van der Waals surface area contributed by atoms with Gasteiger partial charge >= 0.3 is 11.9 Å². The number of rotatable bonds is 10. The van der Waals surface area contributed by atoms with Crippen LogP contribution in [-0.4, -0.2) is 59.9 Å². The molecule has 1 aromatic carbocycles. The third kappa shape index (κ3) is 5.12. The second-order valence-corrected chi connectivity index (χ2v) is 7.25. The average molecular weight is 440 g/mol. The molecule has 1 aromatic heterocycles. The lowest BCUT2D eigenvalue weighted by Gasteiger charge is -2.15. The summed E-state index contributed by atoms with van der Waals surface area (Å²) in [5.74, 6) is -1.76. The first-order valence-corrected chi connectivity index (χ1v) is 10.0. The van der Waals surface area contributed by atoms with Gasteiger partial charge in [0.1, 0.15) is 18.1 Å². The zero-order valence-corrected chi connectivity index (χ0v) is 17.6. The number of nitrogens with one attached hydrogen (secondary N) is 1. The SMILES string of the molecule is C=Cc1cc(C(=O)O)c(-c2ccc(C(=O)NCC3CC3)nc2C(=O)OCCO)cc1OC. The maximum atomic E-state index is 12.7. The zero-order chi connectivity index (χ0) is 23.3. The summed E-state index contributed by atoms with van der Waals surface area (Å²) < 4.78 is 10.3. The minimum Gasteiger partial charge on any atom is -0.496 e. The minimum absolute atomic E-state index is 0.00287. The largest absolute Gasteiger partial charge is 0.496 e. The lowest BCUT2D eigenvalue weighted by Crippen LogP contribution is -2.27. The fourth-order valence-electron chi connectivity index (χ4n) is 3.15. The molecule has 0 bridgehead atoms. The number of methoxy groups -OCH3 is 1. The van der Waals surface area contributed by atoms with E-state index in [1.54, 1.807) is 0 Å². The first-order chi connectivity index (χ1) is 15.4. The van der Waals surface area contributed by atoms with E-state index >= 15 is 0 Å². The van der Waals surface area contributed by atoms with E-state index < -0.39 is 24.5 Å². The Labute approximate surface area is 184 Å². The molecule has 3 N–H and O–H groups in total. The fraction of sp³-hybridized carbons (Fsp3) is 0.304. The number of aromatic nitrogens is 1. The predicted molar refractivity (Wildman–Crippen MR) is 116 cm³/mol. The van der Waals surface area contributed by atoms with Crippen LogP contribution >= 0.6 is 0 Å². The number of aliphatic hydroxyl groups is 1. The van der Waals surface area contributed by atoms with Gasteiger partial charge in [-0.25, -0.2) is 14.6 Å². The van der Waals surface area contributed by atoms with Crippen LogP contribution in [-0.2, 0) is 4.74 Å². The van der Waals surface area contributed by atoms with Gasteiger partial charge in [0.25, 0.3) is 5.91 Å². The number of pyridine rings is 1. The Morgan fingerprint density at radius 2 is 2.00 bits per heavy atom. The highest BCUT2D eigenvalue weighted by Gasteiger charge is 2.26. The second-order valence-electron chi connectivity index (χ2n) is 7.25. The number of aliphatic hydroxyl groups excluding tert-OH is 1. The lowest BCUT2D eigenvalue weighted by atomic mass is 9.95. The van der Waals surface area contributed by atoms with Crippen molar-refractivity contribution in [3.05, 3.63) is 53.4 Å². The molecule has 9 heteroatoms. The number of carboxylic acids is 1. The Bertz CT molecular complexity index is 1060. The van der Waals surface area contributed by atoms with Crippen LogP contribution in [0.5, 0.6) is 5.75 Å². The molecule has 1 aliphatic carbocycles. The van der Waals surface area contributed by atoms with Crippen LogP contribution in [0.1, 0.15) is 49.7 Å². The molecule has 168 valence electrons. The molecule has 0 spiro atoms. The van der Waals surface area contributed by atoms with Gasteiger partial charge in [0, 0.05) is 23.2 Å². The Balaban J connectivity index is 2.11. The van der Waals surface area contributed by atoms with Gasteiger partial charge in [0.05, 0.1) is 19.3 Å². The van der Waals surface area contributed by atoms with E-state index in [1.165, 1.54) is 37.5 Å². The van der Waals surface area contributed by atoms with Crippen molar-refractivity contribution in [3.8, 4) is 16.9 Å². The van der Waals surface area contributed by atoms with Gasteiger partial charge < -0.3 is 25.0 Å². The molecule has 0 unspecified atom stereocenters. The fourth-order valence-corrected chi connectivity index (χ4v) is 3.15. The van der Waals surface area contributed by atoms with Crippen LogP contribution in [0.3, 0.4) is 0 Å². The summed E-state index contributed by atoms with van der Waals surface area (Å²) in [7, 11) is 1.43. The molecule has 0 aliphatic heterocycles. The number of ether oxygens (including phenoxy) is 2. The van der Waals surface area contributed by atoms with E-state index in [0.29, 0.717) is 23.8 Å². The monoisotopic (exact) mass is 440 g/mol. The van der Waals surface area contributed by atoms with Crippen molar-refractivity contribution in [1.82, 2.24) is 10.3 Å². The molecule has 1 fully saturated rings. The number of hydrogen-bond acceptors (Lipinski definition) is 7. The molecule has 1 heterocycles. The molecule has 3 rings (SSSR count). The smallest absolute Gasteiger partial charge is 0.357 e. The summed E-state index contributed by atoms with van der Waals surface area (Å²) in [5.41, 5.74) is 0.420. The van der Waals surface area contributed by atoms with Gasteiger partial charge in [-0.1, -0.05) is 12.7 Å². The van der Waals surface area contributed by atoms with E-state index in [2.05, 4.69) is 16.9 Å². The highest BCUT2D eigenvalue weighted by molar-refractivity contribution is 6.03. The molecular weight excluding hydrogens is 416 g/mol. The molecular formula is C23H24N2O7. The van der Waals surface area contributed by atoms with E-state index in [1.807, 2.05) is 0 Å². The van der Waals surface area contributed by atoms with Crippen molar-refractivity contribution in [3.63, 3.8) is 0 Å². The molecule has 0 radical (unpaired) electrons. The third-order valence-electron chi connectivity index (χ3n) is 5.00. The van der Waals surface area contributed by atoms with E-state index in [9.17, 15) is 19.5 Å². The van der Waals surface area contributed by atoms with Crippen LogP contribution in [0.4, 0.5) is 0 Å². The average Bonchev–Trinajstić information content (AvgIpc) is 3.64. The maximum Gasteiger partial charge on any atom is 0.357 e. The predicted octanol–water partition coefficient (Wildman–Crippen LogP) is 2.39. The zero-order valence-electron chi connectivity index (χ0n) is 17.6. The number of hydrogen-bond donors (Lipinski definition) is 3. The standard InChI is InChI=1S/C23H24N2O7/c1-3-14-10-17(22(28)29)16(11-19(14)31-2)15-6-7-18(21(27)24-12-13-4-5-13)25-20(15)23(30)32-9-8-26/h3,6-7,10-11,13,26H,1,4-5,8-9,12H2,2H3,(H,24,27)(H,28,29). The Kier molecular flexibility index (Phi) is 7.21. The van der Waals surface area contributed by atoms with Crippen molar-refractivity contribution >= 4 is 23.9 Å². The quantitative estimate of drug-likeness (QED) is 0.479. The molecule has 0 atom stereocenters. The number of carboxylic acid groups (broad SMARTS) is 1. The summed E-state index contributed by atoms with van der Waals surface area (Å²) in [6, 6.07) is 5.71. The van der Waals surface area contributed by atoms with Gasteiger partial charge in [-0.3, -0.25) is 4.79 Å². The molecule has 0 saturated heterocycles. The number of nitrogens with zero attached hydrogens (tertiary/aromatic N) is 1. The normalized spacial score (nSPS) is 12.7. The van der Waals surface area contributed by atoms with Crippen LogP contribution in [0.15, 0.2) is 30.8 Å². The van der Waals surface area contributed by atoms with Crippen molar-refractivity contribution in [2.24, 2.45) is 5.92 Å². The van der Waals surface area contributed by atoms with Gasteiger partial charge in [0.2, 0.25) is 0 Å². The van der Waals surface area contributed by atoms with Crippen molar-refractivity contribution < 1.29 is 34.1 Å². The van der Waals surface area contributed by atoms with E-state index in [-0.39, 0.29) is 34.7 Å². The van der Waals surface area contributed by atoms with Gasteiger partial charge in [-0.2, -0.15) is 0 Å². The number of esters is 1. The first kappa shape index (κ1) is 23.0. The van der Waals surface area contributed by atoms with E-state index in [0.717, 1.165) is 12.8 Å². The molecule has 1 saturated carbocycles. The van der Waals surface area contributed by atoms with Crippen LogP contribution < -0.4 is 10.1 Å². The summed E-state index contributed by atoms with van der Waals surface area (Å²) in [5, 5.41) is 21.5. The molecule has 1 amide bonds. The maximum absolute atomic E-state index is 12.7. The summed E-state index contributed by atoms with van der Waals surface area (Å²) in [6.07, 6.45) is 3.58. The van der Waals surface area contributed by atoms with E-state index in [4.69, 9.17) is 14.6 Å². The molecule has 9 nitrogen and oxygen atoms in total. The second kappa shape index (κ2) is 10.1. The number of amides is 1. The number of aromatic carboxylic acids is 1. The third-order valence-corrected chi connectivity index (χ3v) is 5.00. The topological polar surface area (TPSA) is 135 Å². The summed E-state index contributed by atoms with van der Waals surface area (Å²) in [6.45, 7) is 3.51. The lowest BCUT2D eigenvalue weighted by molar-refractivity contribution is 0.0427. The number of benzene rings is 1. The van der Waals surface area contributed by atoms with Crippen LogP contribution in [0.2, 0.25) is 0 Å². The number of carbonyl (C=O) groups excluding carboxylic acids is 2. The van der Waals surface area contributed by atoms with Gasteiger partial charge in [0.15, 0.2) is 5.69 Å². The van der Waals surface area contributed by atoms with Gasteiger partial charge in [-0.15, -0.1) is 0 Å². The molecule has 32 heavy (non-hydrogen) atoms.